The number of rotatable bonds is 3. The first-order chi connectivity index (χ1) is 9.13. The predicted molar refractivity (Wildman–Crippen MR) is 77.1 cm³/mol. The topological polar surface area (TPSA) is 147 Å². The van der Waals surface area contributed by atoms with Crippen LogP contribution in [-0.2, 0) is 20.2 Å². The molecule has 0 aliphatic carbocycles. The predicted octanol–water partition coefficient (Wildman–Crippen LogP) is 0.238. The number of nitrogens with one attached hydrogen (secondary N) is 1. The zero-order valence-electron chi connectivity index (χ0n) is 10.8. The summed E-state index contributed by atoms with van der Waals surface area (Å²) in [6.07, 6.45) is 0. The van der Waals surface area contributed by atoms with Gasteiger partial charge < -0.3 is 5.43 Å². The number of hydrogen-bond acceptors (Lipinski definition) is 6. The number of hydrogen-bond donors (Lipinski definition) is 4. The maximum Gasteiger partial charge on any atom is 0.295 e. The smallest absolute Gasteiger partial charge is 0.295 e. The molecule has 0 fully saturated rings. The van der Waals surface area contributed by atoms with Crippen LogP contribution in [0.1, 0.15) is 0 Å². The van der Waals surface area contributed by atoms with Gasteiger partial charge in [0.2, 0.25) is 0 Å². The summed E-state index contributed by atoms with van der Waals surface area (Å²) in [7, 11) is -9.29. The number of anilines is 1. The van der Waals surface area contributed by atoms with Gasteiger partial charge in [-0.05, 0) is 29.7 Å². The Labute approximate surface area is 143 Å². The fraction of sp³-hybridized carbons (Fsp3) is 0. The summed E-state index contributed by atoms with van der Waals surface area (Å²) in [6, 6.07) is 5.96. The number of nitrogen functional groups attached to an aromatic ring is 1. The molecule has 0 bridgehead atoms. The first kappa shape index (κ1) is 18.3. The molecule has 0 aromatic heterocycles. The van der Waals surface area contributed by atoms with E-state index in [0.717, 1.165) is 6.07 Å². The van der Waals surface area contributed by atoms with Crippen LogP contribution in [-0.4, -0.2) is 55.5 Å². The molecular formula is C10H10N2NaO6S2. The van der Waals surface area contributed by atoms with Crippen molar-refractivity contribution in [2.45, 2.75) is 9.79 Å². The maximum atomic E-state index is 11.4. The van der Waals surface area contributed by atoms with Gasteiger partial charge in [-0.1, -0.05) is 6.07 Å². The van der Waals surface area contributed by atoms with E-state index in [1.54, 1.807) is 0 Å². The van der Waals surface area contributed by atoms with Gasteiger partial charge in [0, 0.05) is 40.6 Å². The second kappa shape index (κ2) is 6.18. The van der Waals surface area contributed by atoms with Crippen LogP contribution < -0.4 is 11.3 Å². The van der Waals surface area contributed by atoms with Crippen LogP contribution in [0.25, 0.3) is 10.8 Å². The van der Waals surface area contributed by atoms with Gasteiger partial charge in [0.15, 0.2) is 0 Å². The molecule has 0 spiro atoms. The molecule has 0 unspecified atom stereocenters. The summed E-state index contributed by atoms with van der Waals surface area (Å²) in [5.41, 5.74) is 2.66. The van der Waals surface area contributed by atoms with Crippen molar-refractivity contribution >= 4 is 66.3 Å². The van der Waals surface area contributed by atoms with Gasteiger partial charge in [-0.15, -0.1) is 0 Å². The molecule has 0 saturated carbocycles. The van der Waals surface area contributed by atoms with E-state index in [1.165, 1.54) is 18.2 Å². The summed E-state index contributed by atoms with van der Waals surface area (Å²) < 4.78 is 63.1. The van der Waals surface area contributed by atoms with Crippen LogP contribution in [0.15, 0.2) is 40.1 Å². The van der Waals surface area contributed by atoms with Crippen LogP contribution in [0.4, 0.5) is 5.69 Å². The standard InChI is InChI=1S/C10H10N2O6S2.Na/c11-12-7-2-1-6-3-8(19(13,14)15)5-10(9(6)4-7)20(16,17)18;/h1-5,12H,11H2,(H,13,14,15)(H,16,17,18);. The first-order valence-corrected chi connectivity index (χ1v) is 8.00. The summed E-state index contributed by atoms with van der Waals surface area (Å²) in [5, 5.41) is 0.266. The average molecular weight is 341 g/mol. The second-order valence-electron chi connectivity index (χ2n) is 3.95. The largest absolute Gasteiger partial charge is 0.324 e. The molecule has 11 heteroatoms. The van der Waals surface area contributed by atoms with Crippen molar-refractivity contribution in [3.05, 3.63) is 30.3 Å². The second-order valence-corrected chi connectivity index (χ2v) is 6.76. The minimum Gasteiger partial charge on any atom is -0.324 e. The average Bonchev–Trinajstić information content (AvgIpc) is 2.34. The maximum absolute atomic E-state index is 11.4. The normalized spacial score (nSPS) is 12.0. The fourth-order valence-electron chi connectivity index (χ4n) is 1.75. The fourth-order valence-corrected chi connectivity index (χ4v) is 3.10. The van der Waals surface area contributed by atoms with E-state index >= 15 is 0 Å². The molecule has 21 heavy (non-hydrogen) atoms. The molecular weight excluding hydrogens is 331 g/mol. The third kappa shape index (κ3) is 3.93. The molecule has 8 nitrogen and oxygen atoms in total. The summed E-state index contributed by atoms with van der Waals surface area (Å²) >= 11 is 0. The Balaban J connectivity index is 0.00000220. The Bertz CT molecular complexity index is 895. The van der Waals surface area contributed by atoms with Gasteiger partial charge in [-0.3, -0.25) is 14.9 Å². The van der Waals surface area contributed by atoms with Crippen molar-refractivity contribution in [1.82, 2.24) is 0 Å². The molecule has 2 aromatic rings. The molecule has 0 aliphatic rings. The van der Waals surface area contributed by atoms with Crippen LogP contribution in [0, 0.1) is 0 Å². The van der Waals surface area contributed by atoms with Crippen LogP contribution in [0.2, 0.25) is 0 Å². The quantitative estimate of drug-likeness (QED) is 0.269. The minimum atomic E-state index is -4.68. The van der Waals surface area contributed by atoms with Crippen molar-refractivity contribution in [1.29, 1.82) is 0 Å². The van der Waals surface area contributed by atoms with Crippen LogP contribution in [0.5, 0.6) is 0 Å². The van der Waals surface area contributed by atoms with Gasteiger partial charge in [0.25, 0.3) is 20.2 Å². The molecule has 109 valence electrons. The number of fused-ring (bicyclic) bond motifs is 1. The molecule has 1 radical (unpaired) electrons. The van der Waals surface area contributed by atoms with Crippen molar-refractivity contribution in [3.63, 3.8) is 0 Å². The van der Waals surface area contributed by atoms with Gasteiger partial charge in [-0.2, -0.15) is 16.8 Å². The van der Waals surface area contributed by atoms with E-state index in [0.29, 0.717) is 11.8 Å². The zero-order valence-corrected chi connectivity index (χ0v) is 14.4. The Hall–Kier alpha value is -0.720. The van der Waals surface area contributed by atoms with E-state index < -0.39 is 30.0 Å². The van der Waals surface area contributed by atoms with Crippen LogP contribution in [0.3, 0.4) is 0 Å². The third-order valence-electron chi connectivity index (χ3n) is 2.63. The zero-order chi connectivity index (χ0) is 15.1. The molecule has 0 amide bonds. The monoisotopic (exact) mass is 341 g/mol. The molecule has 5 N–H and O–H groups in total. The molecule has 2 aromatic carbocycles. The molecule has 0 saturated heterocycles. The van der Waals surface area contributed by atoms with Crippen molar-refractivity contribution in [2.24, 2.45) is 5.84 Å². The molecule has 0 heterocycles. The number of benzene rings is 2. The molecule has 0 atom stereocenters. The van der Waals surface area contributed by atoms with E-state index in [2.05, 4.69) is 5.43 Å². The van der Waals surface area contributed by atoms with Gasteiger partial charge in [0.05, 0.1) is 4.90 Å². The minimum absolute atomic E-state index is 0. The Morgan fingerprint density at radius 1 is 0.952 bits per heavy atom. The number of nitrogens with two attached hydrogens (primary N) is 1. The molecule has 2 rings (SSSR count). The third-order valence-corrected chi connectivity index (χ3v) is 4.36. The van der Waals surface area contributed by atoms with Gasteiger partial charge in [0.1, 0.15) is 4.90 Å². The SMILES string of the molecule is NNc1ccc2cc(S(=O)(=O)O)cc(S(=O)(=O)O)c2c1.[Na]. The van der Waals surface area contributed by atoms with E-state index in [4.69, 9.17) is 10.4 Å². The number of hydrazine groups is 1. The van der Waals surface area contributed by atoms with E-state index in [-0.39, 0.29) is 40.3 Å². The Kier molecular flexibility index (Phi) is 5.40. The Morgan fingerprint density at radius 2 is 1.57 bits per heavy atom. The Morgan fingerprint density at radius 3 is 2.05 bits per heavy atom. The summed E-state index contributed by atoms with van der Waals surface area (Å²) in [5.74, 6) is 5.20. The van der Waals surface area contributed by atoms with Crippen LogP contribution >= 0.6 is 0 Å². The van der Waals surface area contributed by atoms with Crippen molar-refractivity contribution in [3.8, 4) is 0 Å². The van der Waals surface area contributed by atoms with E-state index in [9.17, 15) is 21.4 Å². The van der Waals surface area contributed by atoms with Crippen molar-refractivity contribution in [2.75, 3.05) is 5.43 Å². The summed E-state index contributed by atoms with van der Waals surface area (Å²) in [6.45, 7) is 0. The van der Waals surface area contributed by atoms with Crippen molar-refractivity contribution < 1.29 is 25.9 Å². The summed E-state index contributed by atoms with van der Waals surface area (Å²) in [4.78, 5) is -1.27. The van der Waals surface area contributed by atoms with Gasteiger partial charge >= 0.3 is 0 Å². The first-order valence-electron chi connectivity index (χ1n) is 5.12. The molecule has 0 aliphatic heterocycles. The van der Waals surface area contributed by atoms with Gasteiger partial charge in [-0.25, -0.2) is 0 Å². The van der Waals surface area contributed by atoms with E-state index in [1.807, 2.05) is 0 Å².